The zero-order valence-corrected chi connectivity index (χ0v) is 14.9. The van der Waals surface area contributed by atoms with Gasteiger partial charge in [0.2, 0.25) is 11.8 Å². The molecule has 0 spiro atoms. The molecule has 0 bridgehead atoms. The zero-order valence-electron chi connectivity index (χ0n) is 14.9. The first-order valence-electron chi connectivity index (χ1n) is 8.36. The highest BCUT2D eigenvalue weighted by Crippen LogP contribution is 2.13. The third-order valence-corrected chi connectivity index (χ3v) is 3.75. The molecule has 0 heterocycles. The lowest BCUT2D eigenvalue weighted by Crippen LogP contribution is -2.35. The summed E-state index contributed by atoms with van der Waals surface area (Å²) in [5.41, 5.74) is 2.76. The number of nitrogens with zero attached hydrogens (tertiary/aromatic N) is 1. The van der Waals surface area contributed by atoms with Gasteiger partial charge in [-0.05, 0) is 43.2 Å². The van der Waals surface area contributed by atoms with Gasteiger partial charge in [0.15, 0.2) is 0 Å². The number of nitrogens with one attached hydrogen (secondary N) is 1. The van der Waals surface area contributed by atoms with Crippen molar-refractivity contribution in [2.45, 2.75) is 33.4 Å². The Hall–Kier alpha value is -2.88. The van der Waals surface area contributed by atoms with Crippen molar-refractivity contribution in [3.05, 3.63) is 71.8 Å². The van der Waals surface area contributed by atoms with Gasteiger partial charge < -0.3 is 10.2 Å². The number of benzene rings is 2. The van der Waals surface area contributed by atoms with Crippen molar-refractivity contribution in [3.63, 3.8) is 0 Å². The van der Waals surface area contributed by atoms with Crippen molar-refractivity contribution >= 4 is 23.6 Å². The van der Waals surface area contributed by atoms with E-state index in [4.69, 9.17) is 0 Å². The molecule has 0 aliphatic heterocycles. The van der Waals surface area contributed by atoms with E-state index in [1.165, 1.54) is 6.92 Å². The molecule has 0 aliphatic carbocycles. The van der Waals surface area contributed by atoms with E-state index in [2.05, 4.69) is 5.32 Å². The number of carbonyl (C=O) groups excluding carboxylic acids is 2. The summed E-state index contributed by atoms with van der Waals surface area (Å²) >= 11 is 0. The Morgan fingerprint density at radius 2 is 1.68 bits per heavy atom. The van der Waals surface area contributed by atoms with Crippen LogP contribution >= 0.6 is 0 Å². The highest BCUT2D eigenvalue weighted by atomic mass is 16.2. The van der Waals surface area contributed by atoms with Gasteiger partial charge in [0.25, 0.3) is 0 Å². The molecule has 0 aliphatic rings. The van der Waals surface area contributed by atoms with Crippen LogP contribution in [0.5, 0.6) is 0 Å². The summed E-state index contributed by atoms with van der Waals surface area (Å²) in [6, 6.07) is 17.4. The lowest BCUT2D eigenvalue weighted by Gasteiger charge is -2.25. The van der Waals surface area contributed by atoms with Crippen molar-refractivity contribution < 1.29 is 9.59 Å². The number of carbonyl (C=O) groups is 2. The Balaban J connectivity index is 2.04. The molecule has 1 N–H and O–H groups in total. The molecule has 2 aromatic rings. The van der Waals surface area contributed by atoms with Crippen LogP contribution in [0.25, 0.3) is 6.08 Å². The van der Waals surface area contributed by atoms with Gasteiger partial charge in [0.1, 0.15) is 0 Å². The van der Waals surface area contributed by atoms with Crippen LogP contribution in [0.15, 0.2) is 60.7 Å². The van der Waals surface area contributed by atoms with E-state index in [1.54, 1.807) is 12.2 Å². The summed E-state index contributed by atoms with van der Waals surface area (Å²) in [5.74, 6) is -0.128. The minimum atomic E-state index is -0.105. The molecule has 0 unspecified atom stereocenters. The fourth-order valence-corrected chi connectivity index (χ4v) is 2.44. The summed E-state index contributed by atoms with van der Waals surface area (Å²) in [6.45, 7) is 6.08. The first kappa shape index (κ1) is 18.5. The average Bonchev–Trinajstić information content (AvgIpc) is 2.59. The van der Waals surface area contributed by atoms with Gasteiger partial charge in [-0.25, -0.2) is 0 Å². The van der Waals surface area contributed by atoms with E-state index in [0.29, 0.717) is 6.54 Å². The third-order valence-electron chi connectivity index (χ3n) is 3.75. The molecule has 4 heteroatoms. The molecule has 130 valence electrons. The predicted octanol–water partition coefficient (Wildman–Crippen LogP) is 4.10. The smallest absolute Gasteiger partial charge is 0.247 e. The molecule has 0 radical (unpaired) electrons. The van der Waals surface area contributed by atoms with Gasteiger partial charge in [0, 0.05) is 31.3 Å². The first-order valence-corrected chi connectivity index (χ1v) is 8.36. The van der Waals surface area contributed by atoms with Crippen LogP contribution in [-0.2, 0) is 16.1 Å². The van der Waals surface area contributed by atoms with Gasteiger partial charge >= 0.3 is 0 Å². The lowest BCUT2D eigenvalue weighted by atomic mass is 10.1. The molecular formula is C21H24N2O2. The lowest BCUT2D eigenvalue weighted by molar-refractivity contribution is -0.128. The maximum absolute atomic E-state index is 12.6. The van der Waals surface area contributed by atoms with Gasteiger partial charge in [0.05, 0.1) is 0 Å². The normalized spacial score (nSPS) is 10.9. The molecular weight excluding hydrogens is 312 g/mol. The Kier molecular flexibility index (Phi) is 6.52. The number of anilines is 1. The van der Waals surface area contributed by atoms with Crippen molar-refractivity contribution in [3.8, 4) is 0 Å². The fourth-order valence-electron chi connectivity index (χ4n) is 2.44. The van der Waals surface area contributed by atoms with Crippen molar-refractivity contribution in [2.75, 3.05) is 5.32 Å². The molecule has 2 rings (SSSR count). The van der Waals surface area contributed by atoms with Crippen molar-refractivity contribution in [1.29, 1.82) is 0 Å². The number of hydrogen-bond donors (Lipinski definition) is 1. The van der Waals surface area contributed by atoms with Crippen LogP contribution in [0.1, 0.15) is 31.9 Å². The maximum atomic E-state index is 12.6. The second kappa shape index (κ2) is 8.83. The molecule has 2 amide bonds. The van der Waals surface area contributed by atoms with Gasteiger partial charge in [-0.3, -0.25) is 9.59 Å². The van der Waals surface area contributed by atoms with E-state index in [-0.39, 0.29) is 17.9 Å². The van der Waals surface area contributed by atoms with Crippen molar-refractivity contribution in [2.24, 2.45) is 0 Å². The summed E-state index contributed by atoms with van der Waals surface area (Å²) in [6.07, 6.45) is 3.39. The Labute approximate surface area is 149 Å². The minimum absolute atomic E-state index is 0.0233. The molecule has 0 aromatic heterocycles. The summed E-state index contributed by atoms with van der Waals surface area (Å²) in [5, 5.41) is 2.72. The van der Waals surface area contributed by atoms with E-state index >= 15 is 0 Å². The highest BCUT2D eigenvalue weighted by molar-refractivity contribution is 5.92. The average molecular weight is 336 g/mol. The Morgan fingerprint density at radius 1 is 1.04 bits per heavy atom. The minimum Gasteiger partial charge on any atom is -0.332 e. The number of rotatable bonds is 6. The van der Waals surface area contributed by atoms with Crippen LogP contribution in [0, 0.1) is 0 Å². The Morgan fingerprint density at radius 3 is 2.24 bits per heavy atom. The molecule has 0 atom stereocenters. The van der Waals surface area contributed by atoms with Crippen LogP contribution < -0.4 is 5.32 Å². The maximum Gasteiger partial charge on any atom is 0.247 e. The van der Waals surface area contributed by atoms with Crippen LogP contribution in [0.2, 0.25) is 0 Å². The van der Waals surface area contributed by atoms with Crippen LogP contribution in [0.3, 0.4) is 0 Å². The largest absolute Gasteiger partial charge is 0.332 e. The van der Waals surface area contributed by atoms with Gasteiger partial charge in [-0.2, -0.15) is 0 Å². The fraction of sp³-hybridized carbons (Fsp3) is 0.238. The second-order valence-electron chi connectivity index (χ2n) is 6.18. The molecule has 4 nitrogen and oxygen atoms in total. The van der Waals surface area contributed by atoms with E-state index in [1.807, 2.05) is 73.3 Å². The van der Waals surface area contributed by atoms with Crippen LogP contribution in [-0.4, -0.2) is 22.8 Å². The number of amides is 2. The quantitative estimate of drug-likeness (QED) is 0.808. The van der Waals surface area contributed by atoms with Crippen molar-refractivity contribution in [1.82, 2.24) is 4.90 Å². The summed E-state index contributed by atoms with van der Waals surface area (Å²) < 4.78 is 0. The number of hydrogen-bond acceptors (Lipinski definition) is 2. The molecule has 0 fully saturated rings. The zero-order chi connectivity index (χ0) is 18.2. The van der Waals surface area contributed by atoms with Gasteiger partial charge in [-0.1, -0.05) is 42.5 Å². The molecule has 0 saturated heterocycles. The topological polar surface area (TPSA) is 49.4 Å². The predicted molar refractivity (Wildman–Crippen MR) is 102 cm³/mol. The van der Waals surface area contributed by atoms with E-state index in [0.717, 1.165) is 16.8 Å². The molecule has 0 saturated carbocycles. The second-order valence-corrected chi connectivity index (χ2v) is 6.18. The van der Waals surface area contributed by atoms with Gasteiger partial charge in [-0.15, -0.1) is 0 Å². The van der Waals surface area contributed by atoms with E-state index in [9.17, 15) is 9.59 Å². The standard InChI is InChI=1S/C21H24N2O2/c1-16(2)23(15-19-7-5-4-6-8-19)21(25)14-11-18-9-12-20(13-10-18)22-17(3)24/h4-14,16H,15H2,1-3H3,(H,22,24)/b14-11+. The van der Waals surface area contributed by atoms with Crippen LogP contribution in [0.4, 0.5) is 5.69 Å². The summed E-state index contributed by atoms with van der Waals surface area (Å²) in [7, 11) is 0. The monoisotopic (exact) mass is 336 g/mol. The van der Waals surface area contributed by atoms with E-state index < -0.39 is 0 Å². The third kappa shape index (κ3) is 5.92. The molecule has 2 aromatic carbocycles. The Bertz CT molecular complexity index is 734. The molecule has 25 heavy (non-hydrogen) atoms. The SMILES string of the molecule is CC(=O)Nc1ccc(/C=C/C(=O)N(Cc2ccccc2)C(C)C)cc1. The summed E-state index contributed by atoms with van der Waals surface area (Å²) in [4.78, 5) is 25.4. The highest BCUT2D eigenvalue weighted by Gasteiger charge is 2.14. The first-order chi connectivity index (χ1) is 12.0.